The Morgan fingerprint density at radius 2 is 1.86 bits per heavy atom. The molecule has 0 unspecified atom stereocenters. The quantitative estimate of drug-likeness (QED) is 0.542. The van der Waals surface area contributed by atoms with Crippen LogP contribution in [0.2, 0.25) is 0 Å². The van der Waals surface area contributed by atoms with Gasteiger partial charge in [0, 0.05) is 0 Å². The van der Waals surface area contributed by atoms with Crippen molar-refractivity contribution in [2.75, 3.05) is 0 Å². The Morgan fingerprint density at radius 3 is 2.29 bits per heavy atom. The van der Waals surface area contributed by atoms with Crippen molar-refractivity contribution in [2.24, 2.45) is 0 Å². The van der Waals surface area contributed by atoms with E-state index in [0.29, 0.717) is 12.3 Å². The zero-order valence-corrected chi connectivity index (χ0v) is 6.65. The number of rotatable bonds is 1. The highest BCUT2D eigenvalue weighted by Gasteiger charge is 2.35. The van der Waals surface area contributed by atoms with Crippen molar-refractivity contribution in [3.8, 4) is 5.75 Å². The second kappa shape index (κ2) is 3.47. The highest BCUT2D eigenvalue weighted by Crippen LogP contribution is 2.34. The Morgan fingerprint density at radius 1 is 1.29 bits per heavy atom. The highest BCUT2D eigenvalue weighted by molar-refractivity contribution is 6.57. The summed E-state index contributed by atoms with van der Waals surface area (Å²) in [4.78, 5) is 3.20. The van der Waals surface area contributed by atoms with Gasteiger partial charge in [0.05, 0.1) is 17.4 Å². The van der Waals surface area contributed by atoms with Crippen molar-refractivity contribution in [2.45, 2.75) is 6.18 Å². The van der Waals surface area contributed by atoms with E-state index in [2.05, 4.69) is 4.98 Å². The van der Waals surface area contributed by atoms with Crippen LogP contribution in [-0.2, 0) is 6.18 Å². The van der Waals surface area contributed by atoms with E-state index < -0.39 is 30.2 Å². The van der Waals surface area contributed by atoms with Crippen molar-refractivity contribution in [3.63, 3.8) is 0 Å². The van der Waals surface area contributed by atoms with E-state index >= 15 is 0 Å². The van der Waals surface area contributed by atoms with Crippen LogP contribution in [0.1, 0.15) is 5.56 Å². The van der Waals surface area contributed by atoms with Crippen molar-refractivity contribution in [1.82, 2.24) is 4.98 Å². The summed E-state index contributed by atoms with van der Waals surface area (Å²) < 4.78 is 36.4. The first-order valence-electron chi connectivity index (χ1n) is 3.44. The van der Waals surface area contributed by atoms with Gasteiger partial charge in [-0.15, -0.1) is 0 Å². The molecule has 1 heterocycles. The number of aromatic nitrogens is 1. The zero-order chi connectivity index (χ0) is 10.9. The predicted molar refractivity (Wildman–Crippen MR) is 40.7 cm³/mol. The van der Waals surface area contributed by atoms with Crippen molar-refractivity contribution in [1.29, 1.82) is 0 Å². The van der Waals surface area contributed by atoms with Crippen LogP contribution < -0.4 is 5.59 Å². The fourth-order valence-corrected chi connectivity index (χ4v) is 0.833. The smallest absolute Gasteiger partial charge is 0.506 e. The molecule has 1 aromatic rings. The minimum atomic E-state index is -4.75. The Balaban J connectivity index is 3.22. The lowest BCUT2D eigenvalue weighted by Crippen LogP contribution is -2.33. The highest BCUT2D eigenvalue weighted by atomic mass is 19.4. The number of pyridine rings is 1. The first kappa shape index (κ1) is 10.8. The van der Waals surface area contributed by atoms with Crippen LogP contribution in [0.15, 0.2) is 12.3 Å². The van der Waals surface area contributed by atoms with Gasteiger partial charge in [-0.25, -0.2) is 0 Å². The number of alkyl halides is 3. The third-order valence-electron chi connectivity index (χ3n) is 1.47. The van der Waals surface area contributed by atoms with E-state index in [0.717, 1.165) is 0 Å². The minimum Gasteiger partial charge on any atom is -0.506 e. The summed E-state index contributed by atoms with van der Waals surface area (Å²) in [7, 11) is -2.10. The Hall–Kier alpha value is -1.28. The van der Waals surface area contributed by atoms with E-state index in [1.54, 1.807) is 0 Å². The van der Waals surface area contributed by atoms with Crippen molar-refractivity contribution < 1.29 is 28.3 Å². The van der Waals surface area contributed by atoms with Gasteiger partial charge in [0.15, 0.2) is 0 Å². The number of hydrogen-bond donors (Lipinski definition) is 3. The van der Waals surface area contributed by atoms with Crippen LogP contribution in [0.25, 0.3) is 0 Å². The molecule has 76 valence electrons. The first-order valence-corrected chi connectivity index (χ1v) is 3.44. The fourth-order valence-electron chi connectivity index (χ4n) is 0.833. The number of halogens is 3. The molecule has 0 aromatic carbocycles. The van der Waals surface area contributed by atoms with E-state index in [-0.39, 0.29) is 0 Å². The van der Waals surface area contributed by atoms with Crippen LogP contribution in [0.5, 0.6) is 5.75 Å². The molecule has 0 spiro atoms. The van der Waals surface area contributed by atoms with Gasteiger partial charge in [0.2, 0.25) is 0 Å². The average molecular weight is 207 g/mol. The lowest BCUT2D eigenvalue weighted by Gasteiger charge is -2.09. The van der Waals surface area contributed by atoms with Gasteiger partial charge in [0.1, 0.15) is 5.75 Å². The first-order chi connectivity index (χ1) is 6.32. The normalized spacial score (nSPS) is 11.5. The molecule has 0 amide bonds. The van der Waals surface area contributed by atoms with Gasteiger partial charge in [-0.3, -0.25) is 4.98 Å². The molecule has 0 atom stereocenters. The summed E-state index contributed by atoms with van der Waals surface area (Å²) in [6, 6.07) is 0.375. The van der Waals surface area contributed by atoms with Crippen LogP contribution in [0.4, 0.5) is 13.2 Å². The molecule has 0 bridgehead atoms. The molecule has 0 aliphatic rings. The van der Waals surface area contributed by atoms with E-state index in [4.69, 9.17) is 15.2 Å². The molecule has 3 N–H and O–H groups in total. The molecule has 0 saturated carbocycles. The van der Waals surface area contributed by atoms with Gasteiger partial charge in [-0.05, 0) is 6.07 Å². The van der Waals surface area contributed by atoms with Crippen molar-refractivity contribution in [3.05, 3.63) is 17.8 Å². The second-order valence-electron chi connectivity index (χ2n) is 2.50. The minimum absolute atomic E-state index is 0.375. The SMILES string of the molecule is OB(O)c1cc(C(F)(F)F)c(O)cn1. The summed E-state index contributed by atoms with van der Waals surface area (Å²) in [5.74, 6) is -1.05. The topological polar surface area (TPSA) is 73.6 Å². The van der Waals surface area contributed by atoms with Gasteiger partial charge in [0.25, 0.3) is 0 Å². The summed E-state index contributed by atoms with van der Waals surface area (Å²) in [6.07, 6.45) is -4.24. The maximum atomic E-state index is 12.1. The largest absolute Gasteiger partial charge is 0.508 e. The Labute approximate surface area is 76.8 Å². The third kappa shape index (κ3) is 2.15. The molecule has 0 radical (unpaired) electrons. The number of hydrogen-bond acceptors (Lipinski definition) is 4. The van der Waals surface area contributed by atoms with Gasteiger partial charge in [-0.1, -0.05) is 0 Å². The maximum Gasteiger partial charge on any atom is 0.508 e. The summed E-state index contributed by atoms with van der Waals surface area (Å²) in [6.45, 7) is 0. The molecule has 0 aliphatic heterocycles. The molecular weight excluding hydrogens is 202 g/mol. The van der Waals surface area contributed by atoms with Crippen LogP contribution in [0, 0.1) is 0 Å². The third-order valence-corrected chi connectivity index (χ3v) is 1.47. The molecule has 0 saturated heterocycles. The van der Waals surface area contributed by atoms with E-state index in [1.165, 1.54) is 0 Å². The number of nitrogens with zero attached hydrogens (tertiary/aromatic N) is 1. The van der Waals surface area contributed by atoms with Crippen LogP contribution in [0.3, 0.4) is 0 Å². The molecule has 0 fully saturated rings. The molecule has 4 nitrogen and oxygen atoms in total. The van der Waals surface area contributed by atoms with Crippen LogP contribution >= 0.6 is 0 Å². The van der Waals surface area contributed by atoms with Gasteiger partial charge >= 0.3 is 13.3 Å². The average Bonchev–Trinajstić information content (AvgIpc) is 2.02. The van der Waals surface area contributed by atoms with Gasteiger partial charge in [-0.2, -0.15) is 13.2 Å². The molecule has 8 heteroatoms. The van der Waals surface area contributed by atoms with E-state index in [1.807, 2.05) is 0 Å². The molecule has 1 aromatic heterocycles. The number of aromatic hydroxyl groups is 1. The fraction of sp³-hybridized carbons (Fsp3) is 0.167. The molecule has 14 heavy (non-hydrogen) atoms. The molecular formula is C6H5BF3NO3. The lowest BCUT2D eigenvalue weighted by atomic mass is 9.85. The summed E-state index contributed by atoms with van der Waals surface area (Å²) in [5, 5.41) is 25.9. The molecule has 0 aliphatic carbocycles. The predicted octanol–water partition coefficient (Wildman–Crippen LogP) is -0.514. The standard InChI is InChI=1S/C6H5BF3NO3/c8-6(9,10)3-1-5(7(13)14)11-2-4(3)12/h1-2,12-14H. The molecule has 1 rings (SSSR count). The second-order valence-corrected chi connectivity index (χ2v) is 2.50. The summed E-state index contributed by atoms with van der Waals surface area (Å²) >= 11 is 0. The monoisotopic (exact) mass is 207 g/mol. The van der Waals surface area contributed by atoms with Crippen LogP contribution in [-0.4, -0.2) is 27.3 Å². The van der Waals surface area contributed by atoms with E-state index in [9.17, 15) is 13.2 Å². The maximum absolute atomic E-state index is 12.1. The van der Waals surface area contributed by atoms with Crippen molar-refractivity contribution >= 4 is 12.7 Å². The van der Waals surface area contributed by atoms with Gasteiger partial charge < -0.3 is 15.2 Å². The lowest BCUT2D eigenvalue weighted by molar-refractivity contribution is -0.138. The Bertz CT molecular complexity index is 342. The summed E-state index contributed by atoms with van der Waals surface area (Å²) in [5.41, 5.74) is -1.93. The zero-order valence-electron chi connectivity index (χ0n) is 6.65. The Kier molecular flexibility index (Phi) is 2.67.